The zero-order valence-electron chi connectivity index (χ0n) is 11.2. The molecule has 0 aromatic heterocycles. The molecule has 0 radical (unpaired) electrons. The lowest BCUT2D eigenvalue weighted by molar-refractivity contribution is 0.0980. The van der Waals surface area contributed by atoms with Gasteiger partial charge in [0.15, 0.2) is 0 Å². The normalized spacial score (nSPS) is 12.3. The summed E-state index contributed by atoms with van der Waals surface area (Å²) in [7, 11) is 1.25. The van der Waals surface area contributed by atoms with E-state index in [0.29, 0.717) is 11.3 Å². The van der Waals surface area contributed by atoms with E-state index in [2.05, 4.69) is 8.91 Å². The highest BCUT2D eigenvalue weighted by Gasteiger charge is 2.20. The van der Waals surface area contributed by atoms with Gasteiger partial charge in [0.05, 0.1) is 12.7 Å². The van der Waals surface area contributed by atoms with Gasteiger partial charge in [-0.15, -0.1) is 0 Å². The predicted octanol–water partition coefficient (Wildman–Crippen LogP) is 1.46. The van der Waals surface area contributed by atoms with Crippen LogP contribution in [0.2, 0.25) is 0 Å². The molecule has 0 heterocycles. The maximum absolute atomic E-state index is 12.0. The summed E-state index contributed by atoms with van der Waals surface area (Å²) in [5, 5.41) is 0. The number of rotatable bonds is 3. The van der Waals surface area contributed by atoms with Crippen LogP contribution < -0.4 is 10.5 Å². The molecule has 0 spiro atoms. The topological polar surface area (TPSA) is 81.4 Å². The minimum Gasteiger partial charge on any atom is -0.398 e. The maximum atomic E-state index is 12.0. The summed E-state index contributed by atoms with van der Waals surface area (Å²) in [6.45, 7) is 7.58. The van der Waals surface area contributed by atoms with E-state index in [1.165, 1.54) is 7.11 Å². The molecule has 3 N–H and O–H groups in total. The van der Waals surface area contributed by atoms with E-state index in [1.54, 1.807) is 0 Å². The first-order valence-corrected chi connectivity index (χ1v) is 6.51. The molecule has 1 aromatic carbocycles. The molecule has 6 heteroatoms. The van der Waals surface area contributed by atoms with Gasteiger partial charge in [0.1, 0.15) is 0 Å². The number of nitrogens with two attached hydrogens (primary N) is 1. The van der Waals surface area contributed by atoms with E-state index in [1.807, 2.05) is 27.7 Å². The van der Waals surface area contributed by atoms with Crippen LogP contribution in [-0.4, -0.2) is 17.2 Å². The number of hydrogen-bond donors (Lipinski definition) is 2. The highest BCUT2D eigenvalue weighted by Crippen LogP contribution is 2.28. The van der Waals surface area contributed by atoms with Crippen LogP contribution in [-0.2, 0) is 15.4 Å². The molecule has 0 saturated carbocycles. The Kier molecular flexibility index (Phi) is 4.48. The Bertz CT molecular complexity index is 498. The molecule has 0 bridgehead atoms. The van der Waals surface area contributed by atoms with Gasteiger partial charge in [-0.25, -0.2) is 8.93 Å². The second-order valence-electron chi connectivity index (χ2n) is 4.12. The van der Waals surface area contributed by atoms with Gasteiger partial charge in [-0.05, 0) is 49.9 Å². The van der Waals surface area contributed by atoms with Crippen molar-refractivity contribution in [2.75, 3.05) is 12.8 Å². The van der Waals surface area contributed by atoms with E-state index < -0.39 is 17.2 Å². The van der Waals surface area contributed by atoms with Gasteiger partial charge in [-0.1, -0.05) is 0 Å². The van der Waals surface area contributed by atoms with Crippen LogP contribution in [0.3, 0.4) is 0 Å². The first kappa shape index (κ1) is 14.7. The SMILES string of the molecule is COS(=O)NC(=O)c1c(C)c(C)c(C)c(C)c1N. The smallest absolute Gasteiger partial charge is 0.267 e. The number of carbonyl (C=O) groups excluding carboxylic acids is 1. The predicted molar refractivity (Wildman–Crippen MR) is 72.4 cm³/mol. The van der Waals surface area contributed by atoms with Gasteiger partial charge < -0.3 is 5.73 Å². The molecule has 0 aliphatic carbocycles. The van der Waals surface area contributed by atoms with E-state index in [0.717, 1.165) is 22.3 Å². The standard InChI is InChI=1S/C12H18N2O3S/c1-6-7(2)9(4)11(13)10(8(6)3)12(15)14-18(16)17-5/h13H2,1-5H3,(H,14,15). The molecule has 5 nitrogen and oxygen atoms in total. The Morgan fingerprint density at radius 3 is 2.11 bits per heavy atom. The molecule has 1 atom stereocenters. The summed E-state index contributed by atoms with van der Waals surface area (Å²) in [4.78, 5) is 12.0. The van der Waals surface area contributed by atoms with E-state index in [-0.39, 0.29) is 0 Å². The van der Waals surface area contributed by atoms with Crippen molar-refractivity contribution in [3.63, 3.8) is 0 Å². The van der Waals surface area contributed by atoms with E-state index in [9.17, 15) is 9.00 Å². The van der Waals surface area contributed by atoms with Crippen molar-refractivity contribution in [1.82, 2.24) is 4.72 Å². The van der Waals surface area contributed by atoms with Gasteiger partial charge in [-0.2, -0.15) is 0 Å². The summed E-state index contributed by atoms with van der Waals surface area (Å²) >= 11 is -1.85. The average Bonchev–Trinajstić information content (AvgIpc) is 2.34. The van der Waals surface area contributed by atoms with Gasteiger partial charge >= 0.3 is 0 Å². The van der Waals surface area contributed by atoms with E-state index in [4.69, 9.17) is 5.73 Å². The zero-order valence-corrected chi connectivity index (χ0v) is 12.0. The molecular weight excluding hydrogens is 252 g/mol. The fourth-order valence-corrected chi connectivity index (χ4v) is 2.14. The number of anilines is 1. The van der Waals surface area contributed by atoms with Crippen molar-refractivity contribution in [3.05, 3.63) is 27.8 Å². The molecule has 0 fully saturated rings. The van der Waals surface area contributed by atoms with Crippen molar-refractivity contribution < 1.29 is 13.2 Å². The Balaban J connectivity index is 3.33. The fourth-order valence-electron chi connectivity index (χ4n) is 1.80. The number of nitrogens with one attached hydrogen (secondary N) is 1. The number of amides is 1. The van der Waals surface area contributed by atoms with Crippen molar-refractivity contribution in [1.29, 1.82) is 0 Å². The van der Waals surface area contributed by atoms with Crippen molar-refractivity contribution in [3.8, 4) is 0 Å². The average molecular weight is 270 g/mol. The molecule has 1 amide bonds. The second-order valence-corrected chi connectivity index (χ2v) is 5.13. The van der Waals surface area contributed by atoms with Crippen molar-refractivity contribution in [2.45, 2.75) is 27.7 Å². The van der Waals surface area contributed by atoms with Crippen LogP contribution in [0.5, 0.6) is 0 Å². The van der Waals surface area contributed by atoms with Crippen LogP contribution in [0.25, 0.3) is 0 Å². The zero-order chi connectivity index (χ0) is 14.0. The molecule has 1 rings (SSSR count). The molecule has 18 heavy (non-hydrogen) atoms. The molecule has 0 aliphatic rings. The van der Waals surface area contributed by atoms with Gasteiger partial charge in [0.25, 0.3) is 17.2 Å². The summed E-state index contributed by atoms with van der Waals surface area (Å²) in [5.41, 5.74) is 10.5. The number of benzene rings is 1. The highest BCUT2D eigenvalue weighted by atomic mass is 32.2. The quantitative estimate of drug-likeness (QED) is 0.815. The molecule has 0 aliphatic heterocycles. The molecular formula is C12H18N2O3S. The fraction of sp³-hybridized carbons (Fsp3) is 0.417. The Hall–Kier alpha value is -1.40. The van der Waals surface area contributed by atoms with Crippen LogP contribution in [0.1, 0.15) is 32.6 Å². The Morgan fingerprint density at radius 2 is 1.61 bits per heavy atom. The van der Waals surface area contributed by atoms with E-state index >= 15 is 0 Å². The van der Waals surface area contributed by atoms with Crippen LogP contribution in [0.4, 0.5) is 5.69 Å². The van der Waals surface area contributed by atoms with Gasteiger partial charge in [0, 0.05) is 5.69 Å². The minimum absolute atomic E-state index is 0.362. The monoisotopic (exact) mass is 270 g/mol. The molecule has 100 valence electrons. The summed E-state index contributed by atoms with van der Waals surface area (Å²) < 4.78 is 17.9. The lowest BCUT2D eigenvalue weighted by Crippen LogP contribution is -2.28. The van der Waals surface area contributed by atoms with Crippen molar-refractivity contribution in [2.24, 2.45) is 0 Å². The highest BCUT2D eigenvalue weighted by molar-refractivity contribution is 7.78. The lowest BCUT2D eigenvalue weighted by atomic mass is 9.92. The second kappa shape index (κ2) is 5.49. The summed E-state index contributed by atoms with van der Waals surface area (Å²) in [6.07, 6.45) is 0. The number of carbonyl (C=O) groups is 1. The Labute approximate surface area is 110 Å². The Morgan fingerprint density at radius 1 is 1.11 bits per heavy atom. The minimum atomic E-state index is -1.85. The third-order valence-corrected chi connectivity index (χ3v) is 3.95. The first-order chi connectivity index (χ1) is 8.31. The lowest BCUT2D eigenvalue weighted by Gasteiger charge is -2.17. The first-order valence-electron chi connectivity index (χ1n) is 5.44. The van der Waals surface area contributed by atoms with Crippen molar-refractivity contribution >= 4 is 22.9 Å². The largest absolute Gasteiger partial charge is 0.398 e. The summed E-state index contributed by atoms with van der Waals surface area (Å²) in [6, 6.07) is 0. The molecule has 1 unspecified atom stereocenters. The van der Waals surface area contributed by atoms with Gasteiger partial charge in [-0.3, -0.25) is 8.98 Å². The molecule has 1 aromatic rings. The third kappa shape index (κ3) is 2.54. The van der Waals surface area contributed by atoms with Gasteiger partial charge in [0.2, 0.25) is 0 Å². The summed E-state index contributed by atoms with van der Waals surface area (Å²) in [5.74, 6) is -0.489. The van der Waals surface area contributed by atoms with Crippen LogP contribution in [0, 0.1) is 27.7 Å². The molecule has 0 saturated heterocycles. The number of hydrogen-bond acceptors (Lipinski definition) is 4. The number of nitrogen functional groups attached to an aromatic ring is 1. The third-order valence-electron chi connectivity index (χ3n) is 3.29. The van der Waals surface area contributed by atoms with Crippen LogP contribution in [0.15, 0.2) is 0 Å². The van der Waals surface area contributed by atoms with Crippen LogP contribution >= 0.6 is 0 Å². The maximum Gasteiger partial charge on any atom is 0.267 e.